The van der Waals surface area contributed by atoms with Crippen LogP contribution >= 0.6 is 0 Å². The van der Waals surface area contributed by atoms with Crippen LogP contribution in [-0.2, 0) is 23.9 Å². The Morgan fingerprint density at radius 1 is 0.756 bits per heavy atom. The van der Waals surface area contributed by atoms with E-state index in [4.69, 9.17) is 4.74 Å². The van der Waals surface area contributed by atoms with Crippen LogP contribution in [0.15, 0.2) is 66.7 Å². The second-order valence-electron chi connectivity index (χ2n) is 11.4. The number of unbranched alkanes of at least 4 members (excludes halogenated alkanes) is 2. The molecule has 1 aliphatic heterocycles. The van der Waals surface area contributed by atoms with E-state index in [9.17, 15) is 19.2 Å². The number of ether oxygens (including phenoxy) is 1. The maximum absolute atomic E-state index is 13.6. The van der Waals surface area contributed by atoms with Gasteiger partial charge >= 0.3 is 5.97 Å². The van der Waals surface area contributed by atoms with Crippen molar-refractivity contribution in [2.24, 2.45) is 11.8 Å². The standard InChI is InChI=1S/C34H34N2O5/c1-20-11-10-16-26(21(20)2)35-27(37)19-41-28(38)17-4-3-9-18-36-33(39)31-29-22-12-5-6-13-23(22)30(32(31)34(36)40)25-15-8-7-14-24(25)29/h5-8,10-16,29-32H,3-4,9,17-19H2,1-2H3,(H,35,37)/t29?,30?,31-,32-/m1/s1. The van der Waals surface area contributed by atoms with Crippen molar-refractivity contribution in [2.45, 2.75) is 51.4 Å². The molecule has 0 aromatic heterocycles. The number of likely N-dealkylation sites (tertiary alicyclic amines) is 1. The molecule has 0 spiro atoms. The number of amides is 3. The van der Waals surface area contributed by atoms with Crippen LogP contribution in [-0.4, -0.2) is 41.7 Å². The number of carbonyl (C=O) groups is 4. The molecule has 7 nitrogen and oxygen atoms in total. The topological polar surface area (TPSA) is 92.8 Å². The SMILES string of the molecule is Cc1cccc(NC(=O)COC(=O)CCCCCN2C(=O)[C@@H]3C4c5ccccc5C(c5ccccc54)[C@H]3C2=O)c1C. The van der Waals surface area contributed by atoms with Crippen molar-refractivity contribution in [1.82, 2.24) is 4.90 Å². The fourth-order valence-electron chi connectivity index (χ4n) is 6.97. The van der Waals surface area contributed by atoms with Gasteiger partial charge in [-0.2, -0.15) is 0 Å². The van der Waals surface area contributed by atoms with Crippen molar-refractivity contribution in [3.63, 3.8) is 0 Å². The Bertz CT molecular complexity index is 1430. The lowest BCUT2D eigenvalue weighted by molar-refractivity contribution is -0.147. The minimum Gasteiger partial charge on any atom is -0.456 e. The van der Waals surface area contributed by atoms with E-state index in [0.29, 0.717) is 31.5 Å². The lowest BCUT2D eigenvalue weighted by Gasteiger charge is -2.45. The number of carbonyl (C=O) groups excluding carboxylic acids is 4. The highest BCUT2D eigenvalue weighted by molar-refractivity contribution is 6.07. The second kappa shape index (κ2) is 11.0. The molecule has 1 saturated heterocycles. The maximum atomic E-state index is 13.6. The molecule has 41 heavy (non-hydrogen) atoms. The Morgan fingerprint density at radius 2 is 1.32 bits per heavy atom. The number of nitrogens with zero attached hydrogens (tertiary/aromatic N) is 1. The Morgan fingerprint density at radius 3 is 1.88 bits per heavy atom. The van der Waals surface area contributed by atoms with Gasteiger partial charge < -0.3 is 10.1 Å². The smallest absolute Gasteiger partial charge is 0.306 e. The summed E-state index contributed by atoms with van der Waals surface area (Å²) < 4.78 is 5.15. The van der Waals surface area contributed by atoms with Gasteiger partial charge in [0.15, 0.2) is 6.61 Å². The first-order valence-electron chi connectivity index (χ1n) is 14.4. The normalized spacial score (nSPS) is 21.8. The molecule has 1 N–H and O–H groups in total. The summed E-state index contributed by atoms with van der Waals surface area (Å²) in [5, 5.41) is 2.78. The predicted octanol–water partition coefficient (Wildman–Crippen LogP) is 5.24. The van der Waals surface area contributed by atoms with E-state index in [0.717, 1.165) is 11.1 Å². The van der Waals surface area contributed by atoms with Crippen molar-refractivity contribution in [3.05, 3.63) is 100 Å². The first-order chi connectivity index (χ1) is 19.9. The fraction of sp³-hybridized carbons (Fsp3) is 0.353. The molecule has 4 aliphatic rings. The van der Waals surface area contributed by atoms with Crippen LogP contribution < -0.4 is 5.32 Å². The van der Waals surface area contributed by atoms with Crippen LogP contribution in [0.4, 0.5) is 5.69 Å². The van der Waals surface area contributed by atoms with Crippen LogP contribution in [0.25, 0.3) is 0 Å². The molecule has 3 aliphatic carbocycles. The Balaban J connectivity index is 0.999. The third kappa shape index (κ3) is 4.73. The quantitative estimate of drug-likeness (QED) is 0.224. The third-order valence-electron chi connectivity index (χ3n) is 9.05. The number of hydrogen-bond acceptors (Lipinski definition) is 5. The van der Waals surface area contributed by atoms with Gasteiger partial charge in [-0.05, 0) is 66.1 Å². The first kappa shape index (κ1) is 26.9. The fourth-order valence-corrected chi connectivity index (χ4v) is 6.97. The summed E-state index contributed by atoms with van der Waals surface area (Å²) in [5.41, 5.74) is 7.42. The summed E-state index contributed by atoms with van der Waals surface area (Å²) in [6.45, 7) is 3.91. The Hall–Kier alpha value is -4.26. The molecule has 0 saturated carbocycles. The molecule has 0 radical (unpaired) electrons. The van der Waals surface area contributed by atoms with Crippen molar-refractivity contribution in [1.29, 1.82) is 0 Å². The molecule has 1 heterocycles. The number of hydrogen-bond donors (Lipinski definition) is 1. The molecule has 0 unspecified atom stereocenters. The van der Waals surface area contributed by atoms with Crippen molar-refractivity contribution in [2.75, 3.05) is 18.5 Å². The van der Waals surface area contributed by atoms with Crippen LogP contribution in [0.1, 0.15) is 70.9 Å². The molecule has 7 rings (SSSR count). The number of anilines is 1. The molecule has 3 amide bonds. The van der Waals surface area contributed by atoms with Crippen LogP contribution in [0, 0.1) is 25.7 Å². The predicted molar refractivity (Wildman–Crippen MR) is 154 cm³/mol. The lowest BCUT2D eigenvalue weighted by atomic mass is 9.55. The highest BCUT2D eigenvalue weighted by Crippen LogP contribution is 2.60. The molecule has 3 aromatic rings. The maximum Gasteiger partial charge on any atom is 0.306 e. The van der Waals surface area contributed by atoms with E-state index < -0.39 is 5.97 Å². The number of esters is 1. The number of benzene rings is 3. The van der Waals surface area contributed by atoms with Gasteiger partial charge in [0.1, 0.15) is 0 Å². The number of nitrogens with one attached hydrogen (secondary N) is 1. The molecule has 210 valence electrons. The van der Waals surface area contributed by atoms with Gasteiger partial charge in [-0.1, -0.05) is 67.1 Å². The molecular formula is C34H34N2O5. The van der Waals surface area contributed by atoms with Gasteiger partial charge in [0.25, 0.3) is 5.91 Å². The first-order valence-corrected chi connectivity index (χ1v) is 14.4. The van der Waals surface area contributed by atoms with Gasteiger partial charge in [-0.3, -0.25) is 24.1 Å². The van der Waals surface area contributed by atoms with Crippen molar-refractivity contribution >= 4 is 29.4 Å². The number of aryl methyl sites for hydroxylation is 1. The van der Waals surface area contributed by atoms with Gasteiger partial charge in [-0.25, -0.2) is 0 Å². The second-order valence-corrected chi connectivity index (χ2v) is 11.4. The van der Waals surface area contributed by atoms with Crippen LogP contribution in [0.5, 0.6) is 0 Å². The molecule has 2 atom stereocenters. The largest absolute Gasteiger partial charge is 0.456 e. The zero-order valence-electron chi connectivity index (χ0n) is 23.4. The highest BCUT2D eigenvalue weighted by Gasteiger charge is 2.61. The summed E-state index contributed by atoms with van der Waals surface area (Å²) in [6, 6.07) is 22.1. The molecular weight excluding hydrogens is 516 g/mol. The molecule has 7 heteroatoms. The van der Waals surface area contributed by atoms with Gasteiger partial charge in [0.2, 0.25) is 11.8 Å². The summed E-state index contributed by atoms with van der Waals surface area (Å²) in [5.74, 6) is -1.88. The monoisotopic (exact) mass is 550 g/mol. The highest BCUT2D eigenvalue weighted by atomic mass is 16.5. The molecule has 2 bridgehead atoms. The van der Waals surface area contributed by atoms with E-state index in [2.05, 4.69) is 29.6 Å². The molecule has 3 aromatic carbocycles. The van der Waals surface area contributed by atoms with Crippen LogP contribution in [0.2, 0.25) is 0 Å². The summed E-state index contributed by atoms with van der Waals surface area (Å²) in [6.07, 6.45) is 2.03. The average Bonchev–Trinajstić information content (AvgIpc) is 3.23. The number of imide groups is 1. The van der Waals surface area contributed by atoms with E-state index in [1.54, 1.807) is 0 Å². The van der Waals surface area contributed by atoms with Gasteiger partial charge in [-0.15, -0.1) is 0 Å². The van der Waals surface area contributed by atoms with Crippen molar-refractivity contribution in [3.8, 4) is 0 Å². The zero-order valence-corrected chi connectivity index (χ0v) is 23.4. The summed E-state index contributed by atoms with van der Waals surface area (Å²) in [7, 11) is 0. The minimum absolute atomic E-state index is 0.0757. The van der Waals surface area contributed by atoms with E-state index in [1.165, 1.54) is 27.2 Å². The van der Waals surface area contributed by atoms with Crippen molar-refractivity contribution < 1.29 is 23.9 Å². The summed E-state index contributed by atoms with van der Waals surface area (Å²) >= 11 is 0. The average molecular weight is 551 g/mol. The zero-order chi connectivity index (χ0) is 28.7. The molecule has 1 fully saturated rings. The van der Waals surface area contributed by atoms with E-state index >= 15 is 0 Å². The van der Waals surface area contributed by atoms with E-state index in [1.807, 2.05) is 56.3 Å². The van der Waals surface area contributed by atoms with Gasteiger partial charge in [0, 0.05) is 30.5 Å². The Labute approximate surface area is 239 Å². The van der Waals surface area contributed by atoms with E-state index in [-0.39, 0.29) is 54.4 Å². The number of rotatable bonds is 9. The lowest BCUT2D eigenvalue weighted by Crippen LogP contribution is -2.41. The third-order valence-corrected chi connectivity index (χ3v) is 9.05. The van der Waals surface area contributed by atoms with Gasteiger partial charge in [0.05, 0.1) is 11.8 Å². The van der Waals surface area contributed by atoms with Crippen LogP contribution in [0.3, 0.4) is 0 Å². The summed E-state index contributed by atoms with van der Waals surface area (Å²) in [4.78, 5) is 53.1. The minimum atomic E-state index is -0.437. The Kier molecular flexibility index (Phi) is 7.20.